The van der Waals surface area contributed by atoms with Crippen molar-refractivity contribution in [1.82, 2.24) is 5.32 Å². The van der Waals surface area contributed by atoms with Crippen LogP contribution in [-0.4, -0.2) is 28.8 Å². The van der Waals surface area contributed by atoms with Gasteiger partial charge in [0, 0.05) is 6.54 Å². The van der Waals surface area contributed by atoms with Gasteiger partial charge in [0.15, 0.2) is 5.75 Å². The summed E-state index contributed by atoms with van der Waals surface area (Å²) in [4.78, 5) is 22.3. The van der Waals surface area contributed by atoms with E-state index in [0.717, 1.165) is 19.3 Å². The van der Waals surface area contributed by atoms with Crippen LogP contribution in [0.5, 0.6) is 5.75 Å². The zero-order valence-corrected chi connectivity index (χ0v) is 10.8. The van der Waals surface area contributed by atoms with Crippen LogP contribution in [0.3, 0.4) is 0 Å². The van der Waals surface area contributed by atoms with E-state index in [9.17, 15) is 14.7 Å². The molecule has 0 saturated carbocycles. The number of para-hydroxylation sites is 1. The van der Waals surface area contributed by atoms with Gasteiger partial charge in [-0.1, -0.05) is 25.8 Å². The van der Waals surface area contributed by atoms with E-state index in [2.05, 4.69) is 17.6 Å². The number of carboxylic acids is 1. The van der Waals surface area contributed by atoms with Crippen LogP contribution in [0.25, 0.3) is 0 Å². The van der Waals surface area contributed by atoms with E-state index in [-0.39, 0.29) is 11.3 Å². The lowest BCUT2D eigenvalue weighted by Crippen LogP contribution is -2.29. The van der Waals surface area contributed by atoms with Crippen LogP contribution in [0.1, 0.15) is 36.5 Å². The van der Waals surface area contributed by atoms with E-state index in [4.69, 9.17) is 5.11 Å². The second kappa shape index (κ2) is 7.25. The number of hydrogen-bond donors (Lipinski definition) is 4. The highest BCUT2D eigenvalue weighted by atomic mass is 16.4. The van der Waals surface area contributed by atoms with Gasteiger partial charge in [-0.15, -0.1) is 0 Å². The molecular formula is C13H18N2O4. The lowest BCUT2D eigenvalue weighted by atomic mass is 10.1. The Balaban J connectivity index is 2.59. The standard InChI is InChI=1S/C13H18N2O4/c1-2-3-4-8-14-13(19)15-10-7-5-6-9(11(10)16)12(17)18/h5-7,16H,2-4,8H2,1H3,(H,17,18)(H2,14,15,19). The average Bonchev–Trinajstić information content (AvgIpc) is 2.37. The van der Waals surface area contributed by atoms with Gasteiger partial charge in [-0.25, -0.2) is 9.59 Å². The van der Waals surface area contributed by atoms with Crippen LogP contribution in [-0.2, 0) is 0 Å². The van der Waals surface area contributed by atoms with Gasteiger partial charge in [0.1, 0.15) is 5.56 Å². The molecule has 104 valence electrons. The third-order valence-electron chi connectivity index (χ3n) is 2.58. The van der Waals surface area contributed by atoms with Crippen LogP contribution >= 0.6 is 0 Å². The number of rotatable bonds is 6. The molecule has 1 rings (SSSR count). The van der Waals surface area contributed by atoms with Gasteiger partial charge in [0.25, 0.3) is 0 Å². The van der Waals surface area contributed by atoms with Crippen molar-refractivity contribution in [1.29, 1.82) is 0 Å². The Labute approximate surface area is 111 Å². The normalized spacial score (nSPS) is 9.95. The average molecular weight is 266 g/mol. The highest BCUT2D eigenvalue weighted by Gasteiger charge is 2.14. The lowest BCUT2D eigenvalue weighted by Gasteiger charge is -2.10. The molecule has 19 heavy (non-hydrogen) atoms. The molecule has 0 bridgehead atoms. The molecule has 4 N–H and O–H groups in total. The highest BCUT2D eigenvalue weighted by Crippen LogP contribution is 2.27. The van der Waals surface area contributed by atoms with E-state index >= 15 is 0 Å². The Bertz CT molecular complexity index is 460. The maximum atomic E-state index is 11.5. The van der Waals surface area contributed by atoms with Crippen molar-refractivity contribution in [2.75, 3.05) is 11.9 Å². The van der Waals surface area contributed by atoms with Gasteiger partial charge >= 0.3 is 12.0 Å². The topological polar surface area (TPSA) is 98.7 Å². The van der Waals surface area contributed by atoms with Gasteiger partial charge < -0.3 is 20.8 Å². The van der Waals surface area contributed by atoms with E-state index < -0.39 is 17.7 Å². The van der Waals surface area contributed by atoms with Crippen LogP contribution in [0, 0.1) is 0 Å². The molecule has 6 nitrogen and oxygen atoms in total. The molecule has 0 saturated heterocycles. The predicted octanol–water partition coefficient (Wildman–Crippen LogP) is 2.40. The molecule has 1 aromatic carbocycles. The minimum absolute atomic E-state index is 0.0768. The summed E-state index contributed by atoms with van der Waals surface area (Å²) in [5, 5.41) is 23.6. The van der Waals surface area contributed by atoms with E-state index in [1.165, 1.54) is 18.2 Å². The molecular weight excluding hydrogens is 248 g/mol. The molecule has 0 aromatic heterocycles. The third-order valence-corrected chi connectivity index (χ3v) is 2.58. The van der Waals surface area contributed by atoms with Gasteiger partial charge in [0.05, 0.1) is 5.69 Å². The molecule has 0 aliphatic carbocycles. The Kier molecular flexibility index (Phi) is 5.66. The number of aromatic hydroxyl groups is 1. The summed E-state index contributed by atoms with van der Waals surface area (Å²) in [6.07, 6.45) is 2.97. The summed E-state index contributed by atoms with van der Waals surface area (Å²) in [6, 6.07) is 3.69. The first kappa shape index (κ1) is 14.8. The number of unbranched alkanes of at least 4 members (excludes halogenated alkanes) is 2. The number of carboxylic acid groups (broad SMARTS) is 1. The third kappa shape index (κ3) is 4.50. The minimum Gasteiger partial charge on any atom is -0.505 e. The van der Waals surface area contributed by atoms with Crippen LogP contribution in [0.4, 0.5) is 10.5 Å². The summed E-state index contributed by atoms with van der Waals surface area (Å²) in [7, 11) is 0. The molecule has 0 fully saturated rings. The molecule has 0 unspecified atom stereocenters. The monoisotopic (exact) mass is 266 g/mol. The van der Waals surface area contributed by atoms with Crippen LogP contribution in [0.15, 0.2) is 18.2 Å². The molecule has 0 spiro atoms. The minimum atomic E-state index is -1.25. The van der Waals surface area contributed by atoms with Crippen molar-refractivity contribution in [2.24, 2.45) is 0 Å². The number of benzene rings is 1. The second-order valence-corrected chi connectivity index (χ2v) is 4.09. The fourth-order valence-corrected chi connectivity index (χ4v) is 1.56. The molecule has 0 aliphatic heterocycles. The Morgan fingerprint density at radius 1 is 1.26 bits per heavy atom. The van der Waals surface area contributed by atoms with Crippen molar-refractivity contribution in [3.8, 4) is 5.75 Å². The van der Waals surface area contributed by atoms with Crippen molar-refractivity contribution >= 4 is 17.7 Å². The zero-order chi connectivity index (χ0) is 14.3. The largest absolute Gasteiger partial charge is 0.505 e. The van der Waals surface area contributed by atoms with Gasteiger partial charge in [-0.2, -0.15) is 0 Å². The van der Waals surface area contributed by atoms with Gasteiger partial charge in [-0.05, 0) is 18.6 Å². The van der Waals surface area contributed by atoms with Crippen LogP contribution < -0.4 is 10.6 Å². The van der Waals surface area contributed by atoms with E-state index in [1.54, 1.807) is 0 Å². The fourth-order valence-electron chi connectivity index (χ4n) is 1.56. The van der Waals surface area contributed by atoms with Crippen molar-refractivity contribution in [3.63, 3.8) is 0 Å². The Hall–Kier alpha value is -2.24. The lowest BCUT2D eigenvalue weighted by molar-refractivity contribution is 0.0694. The molecule has 0 radical (unpaired) electrons. The second-order valence-electron chi connectivity index (χ2n) is 4.09. The smallest absolute Gasteiger partial charge is 0.339 e. The van der Waals surface area contributed by atoms with Crippen LogP contribution in [0.2, 0.25) is 0 Å². The summed E-state index contributed by atoms with van der Waals surface area (Å²) in [5.41, 5.74) is -0.170. The number of aromatic carboxylic acids is 1. The van der Waals surface area contributed by atoms with Gasteiger partial charge in [0.2, 0.25) is 0 Å². The number of phenols is 1. The van der Waals surface area contributed by atoms with Crippen molar-refractivity contribution in [3.05, 3.63) is 23.8 Å². The maximum Gasteiger partial charge on any atom is 0.339 e. The summed E-state index contributed by atoms with van der Waals surface area (Å²) in [5.74, 6) is -1.69. The molecule has 2 amide bonds. The number of anilines is 1. The number of urea groups is 1. The fraction of sp³-hybridized carbons (Fsp3) is 0.385. The zero-order valence-electron chi connectivity index (χ0n) is 10.8. The van der Waals surface area contributed by atoms with E-state index in [0.29, 0.717) is 6.54 Å². The molecule has 0 atom stereocenters. The first-order chi connectivity index (χ1) is 9.06. The van der Waals surface area contributed by atoms with Gasteiger partial charge in [-0.3, -0.25) is 0 Å². The number of amides is 2. The first-order valence-corrected chi connectivity index (χ1v) is 6.16. The molecule has 0 heterocycles. The highest BCUT2D eigenvalue weighted by molar-refractivity contribution is 5.97. The van der Waals surface area contributed by atoms with Crippen molar-refractivity contribution in [2.45, 2.75) is 26.2 Å². The predicted molar refractivity (Wildman–Crippen MR) is 71.6 cm³/mol. The number of carbonyl (C=O) groups is 2. The molecule has 6 heteroatoms. The number of carbonyl (C=O) groups excluding carboxylic acids is 1. The summed E-state index contributed by atoms with van der Waals surface area (Å²) in [6.45, 7) is 2.61. The molecule has 1 aromatic rings. The maximum absolute atomic E-state index is 11.5. The number of nitrogens with one attached hydrogen (secondary N) is 2. The molecule has 0 aliphatic rings. The van der Waals surface area contributed by atoms with Crippen molar-refractivity contribution < 1.29 is 19.8 Å². The SMILES string of the molecule is CCCCCNC(=O)Nc1cccc(C(=O)O)c1O. The Morgan fingerprint density at radius 3 is 2.63 bits per heavy atom. The Morgan fingerprint density at radius 2 is 2.00 bits per heavy atom. The van der Waals surface area contributed by atoms with E-state index in [1.807, 2.05) is 0 Å². The first-order valence-electron chi connectivity index (χ1n) is 6.16. The number of hydrogen-bond acceptors (Lipinski definition) is 3. The summed E-state index contributed by atoms with van der Waals surface area (Å²) < 4.78 is 0. The summed E-state index contributed by atoms with van der Waals surface area (Å²) >= 11 is 0. The quantitative estimate of drug-likeness (QED) is 0.469.